The summed E-state index contributed by atoms with van der Waals surface area (Å²) in [7, 11) is 1.50. The topological polar surface area (TPSA) is 92.2 Å². The first-order chi connectivity index (χ1) is 12.6. The highest BCUT2D eigenvalue weighted by molar-refractivity contribution is 5.95. The quantitative estimate of drug-likeness (QED) is 0.842. The van der Waals surface area contributed by atoms with Gasteiger partial charge in [0.25, 0.3) is 5.91 Å². The normalized spacial score (nSPS) is 24.3. The molecule has 0 N–H and O–H groups in total. The Balaban J connectivity index is 1.62. The molecular formula is C19H20N4O3. The number of nitrogens with zero attached hydrogens (tertiary/aromatic N) is 4. The lowest BCUT2D eigenvalue weighted by molar-refractivity contribution is 0.0775. The predicted molar refractivity (Wildman–Crippen MR) is 91.7 cm³/mol. The van der Waals surface area contributed by atoms with E-state index in [2.05, 4.69) is 16.3 Å². The molecule has 2 atom stereocenters. The minimum Gasteiger partial charge on any atom is -0.495 e. The van der Waals surface area contributed by atoms with E-state index in [0.29, 0.717) is 47.7 Å². The summed E-state index contributed by atoms with van der Waals surface area (Å²) < 4.78 is 11.0. The summed E-state index contributed by atoms with van der Waals surface area (Å²) in [5.74, 6) is 1.91. The maximum Gasteiger partial charge on any atom is 0.254 e. The zero-order chi connectivity index (χ0) is 18.3. The van der Waals surface area contributed by atoms with Crippen molar-refractivity contribution in [2.45, 2.75) is 31.6 Å². The standard InChI is InChI=1S/C19H20N4O3/c1-12-21-22-18(26-12)19-7-3-4-15(19)10-23(11-19)17(24)13-5-6-14(9-20)16(8-13)25-2/h5-6,8,15H,3-4,7,10-11H2,1-2H3/t15-,19-/m0/s1. The maximum atomic E-state index is 13.0. The Labute approximate surface area is 151 Å². The lowest BCUT2D eigenvalue weighted by Gasteiger charge is -2.24. The van der Waals surface area contributed by atoms with Gasteiger partial charge in [-0.2, -0.15) is 5.26 Å². The zero-order valence-electron chi connectivity index (χ0n) is 14.9. The Bertz CT molecular complexity index is 900. The van der Waals surface area contributed by atoms with Crippen LogP contribution < -0.4 is 4.74 Å². The lowest BCUT2D eigenvalue weighted by Crippen LogP contribution is -2.35. The Morgan fingerprint density at radius 3 is 3.00 bits per heavy atom. The number of likely N-dealkylation sites (tertiary alicyclic amines) is 1. The van der Waals surface area contributed by atoms with E-state index >= 15 is 0 Å². The first-order valence-corrected chi connectivity index (χ1v) is 8.75. The number of benzene rings is 1. The van der Waals surface area contributed by atoms with E-state index < -0.39 is 0 Å². The molecule has 1 saturated carbocycles. The lowest BCUT2D eigenvalue weighted by atomic mass is 9.80. The summed E-state index contributed by atoms with van der Waals surface area (Å²) in [6.07, 6.45) is 3.13. The van der Waals surface area contributed by atoms with Crippen molar-refractivity contribution in [2.24, 2.45) is 5.92 Å². The average Bonchev–Trinajstić information content (AvgIpc) is 3.34. The molecule has 1 aromatic heterocycles. The number of carbonyl (C=O) groups excluding carboxylic acids is 1. The number of ether oxygens (including phenoxy) is 1. The number of amides is 1. The van der Waals surface area contributed by atoms with Gasteiger partial charge in [-0.25, -0.2) is 0 Å². The molecule has 134 valence electrons. The van der Waals surface area contributed by atoms with Crippen LogP contribution in [0.4, 0.5) is 0 Å². The van der Waals surface area contributed by atoms with Crippen molar-refractivity contribution in [1.29, 1.82) is 5.26 Å². The van der Waals surface area contributed by atoms with E-state index in [1.807, 2.05) is 4.90 Å². The minimum absolute atomic E-state index is 0.0576. The van der Waals surface area contributed by atoms with Crippen molar-refractivity contribution < 1.29 is 13.9 Å². The number of hydrogen-bond donors (Lipinski definition) is 0. The van der Waals surface area contributed by atoms with Gasteiger partial charge in [0.1, 0.15) is 11.8 Å². The summed E-state index contributed by atoms with van der Waals surface area (Å²) in [4.78, 5) is 14.9. The monoisotopic (exact) mass is 352 g/mol. The highest BCUT2D eigenvalue weighted by Gasteiger charge is 2.55. The van der Waals surface area contributed by atoms with Crippen molar-refractivity contribution in [1.82, 2.24) is 15.1 Å². The first-order valence-electron chi connectivity index (χ1n) is 8.75. The first kappa shape index (κ1) is 16.6. The third kappa shape index (κ3) is 2.45. The molecule has 4 rings (SSSR count). The molecule has 2 fully saturated rings. The number of methoxy groups -OCH3 is 1. The smallest absolute Gasteiger partial charge is 0.254 e. The van der Waals surface area contributed by atoms with E-state index in [1.54, 1.807) is 25.1 Å². The Kier molecular flexibility index (Phi) is 3.91. The van der Waals surface area contributed by atoms with E-state index in [0.717, 1.165) is 19.3 Å². The maximum absolute atomic E-state index is 13.0. The third-order valence-electron chi connectivity index (χ3n) is 5.68. The van der Waals surface area contributed by atoms with Gasteiger partial charge in [-0.3, -0.25) is 4.79 Å². The molecule has 7 heteroatoms. The van der Waals surface area contributed by atoms with Gasteiger partial charge >= 0.3 is 0 Å². The molecule has 2 aliphatic rings. The van der Waals surface area contributed by atoms with Crippen molar-refractivity contribution in [2.75, 3.05) is 20.2 Å². The molecule has 1 saturated heterocycles. The minimum atomic E-state index is -0.229. The highest BCUT2D eigenvalue weighted by Crippen LogP contribution is 2.50. The van der Waals surface area contributed by atoms with Crippen molar-refractivity contribution in [3.05, 3.63) is 41.1 Å². The van der Waals surface area contributed by atoms with E-state index in [4.69, 9.17) is 14.4 Å². The summed E-state index contributed by atoms with van der Waals surface area (Å²) >= 11 is 0. The molecule has 2 aromatic rings. The van der Waals surface area contributed by atoms with Crippen molar-refractivity contribution >= 4 is 5.91 Å². The second-order valence-corrected chi connectivity index (χ2v) is 7.08. The number of rotatable bonds is 3. The molecule has 0 unspecified atom stereocenters. The Morgan fingerprint density at radius 2 is 2.31 bits per heavy atom. The number of aromatic nitrogens is 2. The summed E-state index contributed by atoms with van der Waals surface area (Å²) in [5.41, 5.74) is 0.714. The van der Waals surface area contributed by atoms with Gasteiger partial charge < -0.3 is 14.1 Å². The molecular weight excluding hydrogens is 332 g/mol. The largest absolute Gasteiger partial charge is 0.495 e. The van der Waals surface area contributed by atoms with Crippen LogP contribution in [0, 0.1) is 24.2 Å². The SMILES string of the molecule is COc1cc(C(=O)N2C[C@@H]3CCC[C@]3(c3nnc(C)o3)C2)ccc1C#N. The van der Waals surface area contributed by atoms with Gasteiger partial charge in [0.15, 0.2) is 0 Å². The van der Waals surface area contributed by atoms with Crippen LogP contribution in [-0.2, 0) is 5.41 Å². The number of nitriles is 1. The number of aryl methyl sites for hydroxylation is 1. The van der Waals surface area contributed by atoms with E-state index in [9.17, 15) is 4.79 Å². The van der Waals surface area contributed by atoms with Crippen LogP contribution in [0.25, 0.3) is 0 Å². The Hall–Kier alpha value is -2.88. The van der Waals surface area contributed by atoms with Crippen molar-refractivity contribution in [3.63, 3.8) is 0 Å². The molecule has 0 bridgehead atoms. The third-order valence-corrected chi connectivity index (χ3v) is 5.68. The van der Waals surface area contributed by atoms with Crippen LogP contribution in [0.15, 0.2) is 22.6 Å². The van der Waals surface area contributed by atoms with Crippen LogP contribution in [0.1, 0.15) is 47.0 Å². The number of hydrogen-bond acceptors (Lipinski definition) is 6. The number of carbonyl (C=O) groups is 1. The van der Waals surface area contributed by atoms with Gasteiger partial charge in [0.05, 0.1) is 18.1 Å². The molecule has 0 radical (unpaired) electrons. The van der Waals surface area contributed by atoms with Gasteiger partial charge in [0.2, 0.25) is 11.8 Å². The van der Waals surface area contributed by atoms with Gasteiger partial charge in [-0.05, 0) is 37.0 Å². The summed E-state index contributed by atoms with van der Waals surface area (Å²) in [6.45, 7) is 3.06. The van der Waals surface area contributed by atoms with Gasteiger partial charge in [-0.1, -0.05) is 6.42 Å². The Morgan fingerprint density at radius 1 is 1.46 bits per heavy atom. The summed E-state index contributed by atoms with van der Waals surface area (Å²) in [6, 6.07) is 7.01. The molecule has 1 aliphatic heterocycles. The van der Waals surface area contributed by atoms with Crippen LogP contribution in [0.2, 0.25) is 0 Å². The van der Waals surface area contributed by atoms with Crippen LogP contribution in [0.5, 0.6) is 5.75 Å². The van der Waals surface area contributed by atoms with Crippen LogP contribution >= 0.6 is 0 Å². The fourth-order valence-corrected chi connectivity index (χ4v) is 4.39. The van der Waals surface area contributed by atoms with E-state index in [-0.39, 0.29) is 11.3 Å². The fourth-order valence-electron chi connectivity index (χ4n) is 4.39. The number of fused-ring (bicyclic) bond motifs is 1. The van der Waals surface area contributed by atoms with Crippen molar-refractivity contribution in [3.8, 4) is 11.8 Å². The molecule has 2 heterocycles. The van der Waals surface area contributed by atoms with Crippen LogP contribution in [-0.4, -0.2) is 41.2 Å². The molecule has 1 aliphatic carbocycles. The van der Waals surface area contributed by atoms with Crippen LogP contribution in [0.3, 0.4) is 0 Å². The second-order valence-electron chi connectivity index (χ2n) is 7.08. The molecule has 26 heavy (non-hydrogen) atoms. The summed E-state index contributed by atoms with van der Waals surface area (Å²) in [5, 5.41) is 17.4. The van der Waals surface area contributed by atoms with Gasteiger partial charge in [-0.15, -0.1) is 10.2 Å². The molecule has 1 aromatic carbocycles. The average molecular weight is 352 g/mol. The molecule has 7 nitrogen and oxygen atoms in total. The zero-order valence-corrected chi connectivity index (χ0v) is 14.9. The predicted octanol–water partition coefficient (Wildman–Crippen LogP) is 2.45. The molecule has 0 spiro atoms. The van der Waals surface area contributed by atoms with E-state index in [1.165, 1.54) is 7.11 Å². The fraction of sp³-hybridized carbons (Fsp3) is 0.474. The highest BCUT2D eigenvalue weighted by atomic mass is 16.5. The van der Waals surface area contributed by atoms with Gasteiger partial charge in [0, 0.05) is 25.6 Å². The second kappa shape index (κ2) is 6.13. The molecule has 1 amide bonds.